The van der Waals surface area contributed by atoms with Crippen LogP contribution in [0.1, 0.15) is 5.56 Å². The average Bonchev–Trinajstić information content (AvgIpc) is 3.13. The zero-order valence-corrected chi connectivity index (χ0v) is 24.5. The summed E-state index contributed by atoms with van der Waals surface area (Å²) in [6.45, 7) is 0. The summed E-state index contributed by atoms with van der Waals surface area (Å²) in [7, 11) is 0. The summed E-state index contributed by atoms with van der Waals surface area (Å²) in [6.07, 6.45) is 0. The second kappa shape index (κ2) is 11.2. The van der Waals surface area contributed by atoms with Crippen LogP contribution in [0.5, 0.6) is 0 Å². The molecule has 0 radical (unpaired) electrons. The summed E-state index contributed by atoms with van der Waals surface area (Å²) in [5, 5.41) is 12.6. The van der Waals surface area contributed by atoms with E-state index in [1.807, 2.05) is 91.0 Å². The van der Waals surface area contributed by atoms with Crippen molar-refractivity contribution in [1.29, 1.82) is 5.26 Å². The van der Waals surface area contributed by atoms with Gasteiger partial charge in [-0.05, 0) is 41.5 Å². The first-order valence-corrected chi connectivity index (χ1v) is 14.8. The normalized spacial score (nSPS) is 11.3. The summed E-state index contributed by atoms with van der Waals surface area (Å²) < 4.78 is 42.3. The van der Waals surface area contributed by atoms with E-state index < -0.39 is 17.5 Å². The Morgan fingerprint density at radius 1 is 0.468 bits per heavy atom. The van der Waals surface area contributed by atoms with Crippen molar-refractivity contribution in [2.75, 3.05) is 0 Å². The van der Waals surface area contributed by atoms with Crippen molar-refractivity contribution in [3.05, 3.63) is 150 Å². The first-order valence-electron chi connectivity index (χ1n) is 14.8. The molecule has 0 N–H and O–H groups in total. The van der Waals surface area contributed by atoms with Crippen LogP contribution in [-0.2, 0) is 0 Å². The van der Waals surface area contributed by atoms with E-state index in [0.29, 0.717) is 61.1 Å². The Morgan fingerprint density at radius 3 is 1.72 bits per heavy atom. The van der Waals surface area contributed by atoms with Crippen LogP contribution in [0.15, 0.2) is 127 Å². The molecule has 2 aromatic heterocycles. The Hall–Kier alpha value is -6.39. The molecule has 6 aromatic carbocycles. The van der Waals surface area contributed by atoms with Gasteiger partial charge < -0.3 is 0 Å². The van der Waals surface area contributed by atoms with Crippen molar-refractivity contribution in [2.45, 2.75) is 0 Å². The summed E-state index contributed by atoms with van der Waals surface area (Å²) >= 11 is 0. The van der Waals surface area contributed by atoms with Crippen molar-refractivity contribution >= 4 is 32.7 Å². The standard InChI is InChI=1S/C40H21F3N4/c41-30-19-27(20-31(42)36(30)43)25-14-9-15-26(18-25)37-35-34(29-16-7-8-17-32(29)45-37)28(22-44)21-33-40(35)47-39(24-12-5-2-6-13-24)38(46-33)23-10-3-1-4-11-23/h1-21H. The van der Waals surface area contributed by atoms with Gasteiger partial charge in [0.25, 0.3) is 0 Å². The zero-order valence-electron chi connectivity index (χ0n) is 24.5. The molecule has 8 rings (SSSR count). The highest BCUT2D eigenvalue weighted by molar-refractivity contribution is 6.22. The van der Waals surface area contributed by atoms with Crippen molar-refractivity contribution in [1.82, 2.24) is 15.0 Å². The molecular formula is C40H21F3N4. The molecule has 0 aliphatic heterocycles. The van der Waals surface area contributed by atoms with Gasteiger partial charge in [-0.2, -0.15) is 5.26 Å². The first-order chi connectivity index (χ1) is 23.0. The Bertz CT molecular complexity index is 2540. The molecule has 7 heteroatoms. The fourth-order valence-electron chi connectivity index (χ4n) is 6.12. The van der Waals surface area contributed by atoms with E-state index >= 15 is 0 Å². The minimum Gasteiger partial charge on any atom is -0.247 e. The summed E-state index contributed by atoms with van der Waals surface area (Å²) in [5.74, 6) is -4.07. The Labute approximate surface area is 267 Å². The van der Waals surface area contributed by atoms with Gasteiger partial charge in [-0.25, -0.2) is 28.1 Å². The van der Waals surface area contributed by atoms with Gasteiger partial charge in [-0.1, -0.05) is 97.1 Å². The van der Waals surface area contributed by atoms with Crippen LogP contribution >= 0.6 is 0 Å². The summed E-state index contributed by atoms with van der Waals surface area (Å²) in [5.41, 5.74) is 7.01. The number of nitrogens with zero attached hydrogens (tertiary/aromatic N) is 4. The van der Waals surface area contributed by atoms with E-state index in [-0.39, 0.29) is 5.56 Å². The number of fused-ring (bicyclic) bond motifs is 5. The lowest BCUT2D eigenvalue weighted by molar-refractivity contribution is 0.448. The second-order valence-corrected chi connectivity index (χ2v) is 11.1. The van der Waals surface area contributed by atoms with Crippen LogP contribution in [0.3, 0.4) is 0 Å². The summed E-state index contributed by atoms with van der Waals surface area (Å²) in [6, 6.07) is 40.2. The molecule has 0 unspecified atom stereocenters. The Morgan fingerprint density at radius 2 is 1.04 bits per heavy atom. The van der Waals surface area contributed by atoms with Crippen LogP contribution in [0, 0.1) is 28.8 Å². The molecule has 0 aliphatic carbocycles. The van der Waals surface area contributed by atoms with Gasteiger partial charge in [0.1, 0.15) is 0 Å². The molecule has 222 valence electrons. The van der Waals surface area contributed by atoms with Gasteiger partial charge in [0.05, 0.1) is 45.3 Å². The van der Waals surface area contributed by atoms with Crippen molar-refractivity contribution in [2.24, 2.45) is 0 Å². The largest absolute Gasteiger partial charge is 0.247 e. The molecule has 0 saturated heterocycles. The van der Waals surface area contributed by atoms with Gasteiger partial charge in [0.2, 0.25) is 0 Å². The molecule has 0 spiro atoms. The average molecular weight is 615 g/mol. The van der Waals surface area contributed by atoms with Gasteiger partial charge in [0.15, 0.2) is 17.5 Å². The van der Waals surface area contributed by atoms with Crippen LogP contribution in [0.4, 0.5) is 13.2 Å². The van der Waals surface area contributed by atoms with E-state index in [1.165, 1.54) is 0 Å². The lowest BCUT2D eigenvalue weighted by Crippen LogP contribution is -2.00. The van der Waals surface area contributed by atoms with Crippen molar-refractivity contribution in [3.8, 4) is 51.0 Å². The number of aromatic nitrogens is 3. The van der Waals surface area contributed by atoms with Gasteiger partial charge in [0, 0.05) is 32.8 Å². The maximum Gasteiger partial charge on any atom is 0.194 e. The monoisotopic (exact) mass is 614 g/mol. The lowest BCUT2D eigenvalue weighted by atomic mass is 9.93. The van der Waals surface area contributed by atoms with Crippen LogP contribution < -0.4 is 0 Å². The third-order valence-corrected chi connectivity index (χ3v) is 8.27. The molecule has 0 fully saturated rings. The molecule has 8 aromatic rings. The Kier molecular flexibility index (Phi) is 6.70. The van der Waals surface area contributed by atoms with Crippen molar-refractivity contribution in [3.63, 3.8) is 0 Å². The minimum atomic E-state index is -1.52. The van der Waals surface area contributed by atoms with E-state index in [1.54, 1.807) is 24.3 Å². The number of hydrogen-bond donors (Lipinski definition) is 0. The molecular weight excluding hydrogens is 593 g/mol. The van der Waals surface area contributed by atoms with Gasteiger partial charge in [-0.3, -0.25) is 0 Å². The Balaban J connectivity index is 1.51. The molecule has 47 heavy (non-hydrogen) atoms. The fraction of sp³-hybridized carbons (Fsp3) is 0. The molecule has 2 heterocycles. The highest BCUT2D eigenvalue weighted by Gasteiger charge is 2.22. The number of hydrogen-bond acceptors (Lipinski definition) is 4. The number of halogens is 3. The number of rotatable bonds is 4. The lowest BCUT2D eigenvalue weighted by Gasteiger charge is -2.16. The predicted molar refractivity (Wildman–Crippen MR) is 179 cm³/mol. The molecule has 0 atom stereocenters. The van der Waals surface area contributed by atoms with Crippen molar-refractivity contribution < 1.29 is 13.2 Å². The van der Waals surface area contributed by atoms with E-state index in [0.717, 1.165) is 28.6 Å². The number of benzene rings is 6. The first kappa shape index (κ1) is 28.1. The third-order valence-electron chi connectivity index (χ3n) is 8.27. The molecule has 0 amide bonds. The number of nitriles is 1. The maximum absolute atomic E-state index is 14.2. The molecule has 4 nitrogen and oxygen atoms in total. The minimum absolute atomic E-state index is 0.176. The highest BCUT2D eigenvalue weighted by atomic mass is 19.2. The SMILES string of the molecule is N#Cc1cc2nc(-c3ccccc3)c(-c3ccccc3)nc2c2c(-c3cccc(-c4cc(F)c(F)c(F)c4)c3)nc3ccccc3c12. The number of pyridine rings is 1. The van der Waals surface area contributed by atoms with Gasteiger partial charge >= 0.3 is 0 Å². The highest BCUT2D eigenvalue weighted by Crippen LogP contribution is 2.41. The van der Waals surface area contributed by atoms with E-state index in [4.69, 9.17) is 15.0 Å². The van der Waals surface area contributed by atoms with Crippen LogP contribution in [0.25, 0.3) is 77.6 Å². The smallest absolute Gasteiger partial charge is 0.194 e. The zero-order chi connectivity index (χ0) is 32.1. The van der Waals surface area contributed by atoms with E-state index in [9.17, 15) is 18.4 Å². The summed E-state index contributed by atoms with van der Waals surface area (Å²) in [4.78, 5) is 15.5. The molecule has 0 aliphatic rings. The van der Waals surface area contributed by atoms with Crippen LogP contribution in [0.2, 0.25) is 0 Å². The van der Waals surface area contributed by atoms with Gasteiger partial charge in [-0.15, -0.1) is 0 Å². The quantitative estimate of drug-likeness (QED) is 0.146. The fourth-order valence-corrected chi connectivity index (χ4v) is 6.12. The third kappa shape index (κ3) is 4.75. The second-order valence-electron chi connectivity index (χ2n) is 11.1. The molecule has 0 bridgehead atoms. The molecule has 0 saturated carbocycles. The predicted octanol–water partition coefficient (Wildman–Crippen LogP) is 10.3. The maximum atomic E-state index is 14.2. The van der Waals surface area contributed by atoms with Crippen LogP contribution in [-0.4, -0.2) is 15.0 Å². The topological polar surface area (TPSA) is 62.5 Å². The number of para-hydroxylation sites is 1. The van der Waals surface area contributed by atoms with E-state index in [2.05, 4.69) is 6.07 Å².